The van der Waals surface area contributed by atoms with Crippen LogP contribution in [0.15, 0.2) is 46.3 Å². The molecule has 8 nitrogen and oxygen atoms in total. The second kappa shape index (κ2) is 11.2. The Balaban J connectivity index is 1.93. The quantitative estimate of drug-likeness (QED) is 0.212. The normalized spacial score (nSPS) is 10.8. The van der Waals surface area contributed by atoms with Crippen molar-refractivity contribution >= 4 is 46.1 Å². The fraction of sp³-hybridized carbons (Fsp3) is 0.304. The van der Waals surface area contributed by atoms with E-state index in [4.69, 9.17) is 16.3 Å². The van der Waals surface area contributed by atoms with Gasteiger partial charge in [-0.2, -0.15) is 0 Å². The van der Waals surface area contributed by atoms with E-state index in [2.05, 4.69) is 15.0 Å². The van der Waals surface area contributed by atoms with Crippen LogP contribution in [0.25, 0.3) is 16.6 Å². The van der Waals surface area contributed by atoms with Crippen LogP contribution in [0.4, 0.5) is 0 Å². The molecule has 0 fully saturated rings. The first-order chi connectivity index (χ1) is 15.8. The minimum Gasteiger partial charge on any atom is -0.495 e. The lowest BCUT2D eigenvalue weighted by Gasteiger charge is -2.16. The van der Waals surface area contributed by atoms with Gasteiger partial charge in [-0.25, -0.2) is 4.98 Å². The molecule has 0 spiro atoms. The summed E-state index contributed by atoms with van der Waals surface area (Å²) >= 11 is 7.24. The highest BCUT2D eigenvalue weighted by Crippen LogP contribution is 2.28. The zero-order valence-electron chi connectivity index (χ0n) is 18.5. The number of halogens is 1. The maximum atomic E-state index is 13.5. The highest BCUT2D eigenvalue weighted by molar-refractivity contribution is 7.99. The minimum atomic E-state index is -0.325. The third-order valence-electron chi connectivity index (χ3n) is 4.82. The predicted octanol–water partition coefficient (Wildman–Crippen LogP) is 3.52. The van der Waals surface area contributed by atoms with Crippen molar-refractivity contribution in [3.63, 3.8) is 0 Å². The third-order valence-corrected chi connectivity index (χ3v) is 5.99. The summed E-state index contributed by atoms with van der Waals surface area (Å²) in [4.78, 5) is 41.6. The molecule has 0 unspecified atom stereocenters. The maximum absolute atomic E-state index is 13.5. The molecule has 3 aromatic rings. The highest BCUT2D eigenvalue weighted by atomic mass is 35.5. The van der Waals surface area contributed by atoms with Crippen LogP contribution in [0.2, 0.25) is 5.02 Å². The van der Waals surface area contributed by atoms with E-state index in [1.807, 2.05) is 19.1 Å². The Labute approximate surface area is 200 Å². The molecule has 0 aliphatic carbocycles. The zero-order valence-corrected chi connectivity index (χ0v) is 20.1. The van der Waals surface area contributed by atoms with Crippen LogP contribution in [0, 0.1) is 6.92 Å². The molecule has 10 heteroatoms. The zero-order chi connectivity index (χ0) is 24.0. The number of benzene rings is 2. The topological polar surface area (TPSA) is 99.5 Å². The van der Waals surface area contributed by atoms with E-state index in [0.29, 0.717) is 45.5 Å². The van der Waals surface area contributed by atoms with Crippen LogP contribution in [0.1, 0.15) is 18.4 Å². The average molecular weight is 490 g/mol. The molecule has 174 valence electrons. The van der Waals surface area contributed by atoms with Crippen molar-refractivity contribution < 1.29 is 19.1 Å². The molecule has 1 aromatic heterocycles. The van der Waals surface area contributed by atoms with Gasteiger partial charge in [0.15, 0.2) is 5.16 Å². The lowest BCUT2D eigenvalue weighted by molar-refractivity contribution is -0.140. The number of hydrogen-bond donors (Lipinski definition) is 1. The summed E-state index contributed by atoms with van der Waals surface area (Å²) < 4.78 is 11.5. The number of carbonyl (C=O) groups excluding carboxylic acids is 2. The molecule has 0 aliphatic heterocycles. The summed E-state index contributed by atoms with van der Waals surface area (Å²) in [6, 6.07) is 10.4. The molecule has 33 heavy (non-hydrogen) atoms. The number of aromatic nitrogens is 2. The molecule has 0 saturated carbocycles. The Morgan fingerprint density at radius 1 is 1.18 bits per heavy atom. The number of hydrogen-bond acceptors (Lipinski definition) is 7. The molecular formula is C23H24ClN3O5S. The van der Waals surface area contributed by atoms with Crippen molar-refractivity contribution in [2.24, 2.45) is 0 Å². The average Bonchev–Trinajstić information content (AvgIpc) is 2.80. The Bertz CT molecular complexity index is 1240. The summed E-state index contributed by atoms with van der Waals surface area (Å²) in [5.41, 5.74) is 1.62. The SMILES string of the molecule is COC(=O)CCCNC(=O)CSc1nc2cc(Cl)ccc2c(=O)n1-c1cc(C)ccc1OC. The number of ether oxygens (including phenoxy) is 2. The summed E-state index contributed by atoms with van der Waals surface area (Å²) in [5.74, 6) is -0.0287. The van der Waals surface area contributed by atoms with Gasteiger partial charge in [-0.3, -0.25) is 19.0 Å². The van der Waals surface area contributed by atoms with Crippen LogP contribution in [-0.4, -0.2) is 47.9 Å². The predicted molar refractivity (Wildman–Crippen MR) is 129 cm³/mol. The van der Waals surface area contributed by atoms with Gasteiger partial charge in [-0.1, -0.05) is 29.4 Å². The van der Waals surface area contributed by atoms with Gasteiger partial charge in [0, 0.05) is 18.0 Å². The third kappa shape index (κ3) is 6.06. The second-order valence-corrected chi connectivity index (χ2v) is 8.57. The number of rotatable bonds is 9. The lowest BCUT2D eigenvalue weighted by Crippen LogP contribution is -2.28. The lowest BCUT2D eigenvalue weighted by atomic mass is 10.2. The van der Waals surface area contributed by atoms with Crippen LogP contribution in [-0.2, 0) is 14.3 Å². The smallest absolute Gasteiger partial charge is 0.305 e. The Kier molecular flexibility index (Phi) is 8.35. The second-order valence-electron chi connectivity index (χ2n) is 7.19. The molecule has 0 atom stereocenters. The molecule has 1 heterocycles. The van der Waals surface area contributed by atoms with Gasteiger partial charge in [0.05, 0.1) is 36.6 Å². The number of methoxy groups -OCH3 is 2. The first kappa shape index (κ1) is 24.6. The first-order valence-electron chi connectivity index (χ1n) is 10.2. The Morgan fingerprint density at radius 3 is 2.70 bits per heavy atom. The van der Waals surface area contributed by atoms with Gasteiger partial charge in [0.2, 0.25) is 5.91 Å². The maximum Gasteiger partial charge on any atom is 0.305 e. The summed E-state index contributed by atoms with van der Waals surface area (Å²) in [6.45, 7) is 2.25. The van der Waals surface area contributed by atoms with E-state index < -0.39 is 0 Å². The largest absolute Gasteiger partial charge is 0.495 e. The van der Waals surface area contributed by atoms with E-state index in [9.17, 15) is 14.4 Å². The van der Waals surface area contributed by atoms with Crippen molar-refractivity contribution in [2.75, 3.05) is 26.5 Å². The van der Waals surface area contributed by atoms with Crippen LogP contribution in [0.3, 0.4) is 0 Å². The monoisotopic (exact) mass is 489 g/mol. The Morgan fingerprint density at radius 2 is 1.97 bits per heavy atom. The molecular weight excluding hydrogens is 466 g/mol. The molecule has 0 saturated heterocycles. The van der Waals surface area contributed by atoms with Gasteiger partial charge in [-0.15, -0.1) is 0 Å². The minimum absolute atomic E-state index is 0.0326. The van der Waals surface area contributed by atoms with E-state index in [1.54, 1.807) is 24.3 Å². The fourth-order valence-electron chi connectivity index (χ4n) is 3.17. The van der Waals surface area contributed by atoms with Crippen LogP contribution < -0.4 is 15.6 Å². The van der Waals surface area contributed by atoms with E-state index in [1.165, 1.54) is 18.8 Å². The van der Waals surface area contributed by atoms with E-state index in [-0.39, 0.29) is 29.6 Å². The van der Waals surface area contributed by atoms with Gasteiger partial charge in [0.25, 0.3) is 5.56 Å². The molecule has 0 bridgehead atoms. The van der Waals surface area contributed by atoms with Gasteiger partial charge in [0.1, 0.15) is 5.75 Å². The molecule has 1 N–H and O–H groups in total. The number of fused-ring (bicyclic) bond motifs is 1. The van der Waals surface area contributed by atoms with Gasteiger partial charge < -0.3 is 14.8 Å². The fourth-order valence-corrected chi connectivity index (χ4v) is 4.17. The summed E-state index contributed by atoms with van der Waals surface area (Å²) in [5, 5.41) is 3.95. The standard InChI is InChI=1S/C23H24ClN3O5S/c1-14-6-9-19(31-2)18(11-14)27-22(30)16-8-7-15(24)12-17(16)26-23(27)33-13-20(28)25-10-4-5-21(29)32-3/h6-9,11-12H,4-5,10,13H2,1-3H3,(H,25,28). The molecule has 0 radical (unpaired) electrons. The van der Waals surface area contributed by atoms with Crippen molar-refractivity contribution in [3.8, 4) is 11.4 Å². The van der Waals surface area contributed by atoms with Gasteiger partial charge in [-0.05, 0) is 49.2 Å². The number of esters is 1. The molecule has 1 amide bonds. The number of amides is 1. The summed E-state index contributed by atoms with van der Waals surface area (Å²) in [6.07, 6.45) is 0.699. The molecule has 3 rings (SSSR count). The van der Waals surface area contributed by atoms with Crippen molar-refractivity contribution in [1.82, 2.24) is 14.9 Å². The van der Waals surface area contributed by atoms with Crippen LogP contribution in [0.5, 0.6) is 5.75 Å². The van der Waals surface area contributed by atoms with E-state index in [0.717, 1.165) is 17.3 Å². The number of thioether (sulfide) groups is 1. The number of nitrogens with zero attached hydrogens (tertiary/aromatic N) is 2. The Hall–Kier alpha value is -3.04. The first-order valence-corrected chi connectivity index (χ1v) is 11.5. The number of aryl methyl sites for hydroxylation is 1. The van der Waals surface area contributed by atoms with Crippen molar-refractivity contribution in [2.45, 2.75) is 24.9 Å². The van der Waals surface area contributed by atoms with Crippen molar-refractivity contribution in [1.29, 1.82) is 0 Å². The van der Waals surface area contributed by atoms with Gasteiger partial charge >= 0.3 is 5.97 Å². The summed E-state index contributed by atoms with van der Waals surface area (Å²) in [7, 11) is 2.85. The number of nitrogens with one attached hydrogen (secondary N) is 1. The number of carbonyl (C=O) groups is 2. The van der Waals surface area contributed by atoms with Crippen molar-refractivity contribution in [3.05, 3.63) is 57.3 Å². The van der Waals surface area contributed by atoms with Crippen LogP contribution >= 0.6 is 23.4 Å². The van der Waals surface area contributed by atoms with E-state index >= 15 is 0 Å². The molecule has 0 aliphatic rings. The highest BCUT2D eigenvalue weighted by Gasteiger charge is 2.18. The molecule has 2 aromatic carbocycles.